The highest BCUT2D eigenvalue weighted by Gasteiger charge is 2.27. The maximum atomic E-state index is 12.2. The van der Waals surface area contributed by atoms with E-state index in [1.54, 1.807) is 4.90 Å². The summed E-state index contributed by atoms with van der Waals surface area (Å²) in [4.78, 5) is 26.0. The molecule has 2 rings (SSSR count). The van der Waals surface area contributed by atoms with Gasteiger partial charge in [-0.05, 0) is 36.8 Å². The van der Waals surface area contributed by atoms with Gasteiger partial charge in [0.25, 0.3) is 0 Å². The molecule has 0 bridgehead atoms. The fourth-order valence-corrected chi connectivity index (χ4v) is 2.77. The first-order valence-corrected chi connectivity index (χ1v) is 7.94. The Morgan fingerprint density at radius 3 is 2.59 bits per heavy atom. The number of rotatable bonds is 4. The van der Waals surface area contributed by atoms with E-state index in [1.165, 1.54) is 0 Å². The summed E-state index contributed by atoms with van der Waals surface area (Å²) in [6.07, 6.45) is 3.35. The standard InChI is InChI=1S/C17H24N2O3/c1-2-5-14-6-3-4-7-15(14)18-16(21)17(22)19-10-8-13(12-20)9-11-19/h3-4,6-7,13,20H,2,5,8-12H2,1H3,(H,18,21). The summed E-state index contributed by atoms with van der Waals surface area (Å²) < 4.78 is 0. The molecule has 0 atom stereocenters. The molecule has 1 aliphatic rings. The van der Waals surface area contributed by atoms with Crippen molar-refractivity contribution in [2.24, 2.45) is 5.92 Å². The minimum absolute atomic E-state index is 0.151. The Morgan fingerprint density at radius 1 is 1.27 bits per heavy atom. The second-order valence-corrected chi connectivity index (χ2v) is 5.78. The molecule has 1 saturated heterocycles. The number of piperidine rings is 1. The Morgan fingerprint density at radius 2 is 1.95 bits per heavy atom. The van der Waals surface area contributed by atoms with E-state index in [2.05, 4.69) is 12.2 Å². The Hall–Kier alpha value is -1.88. The molecule has 2 amide bonds. The van der Waals surface area contributed by atoms with Gasteiger partial charge in [-0.15, -0.1) is 0 Å². The third-order valence-electron chi connectivity index (χ3n) is 4.14. The summed E-state index contributed by atoms with van der Waals surface area (Å²) in [5.41, 5.74) is 1.76. The van der Waals surface area contributed by atoms with Crippen molar-refractivity contribution in [3.05, 3.63) is 29.8 Å². The van der Waals surface area contributed by atoms with Gasteiger partial charge in [0.1, 0.15) is 0 Å². The average Bonchev–Trinajstić information content (AvgIpc) is 2.56. The molecule has 0 radical (unpaired) electrons. The van der Waals surface area contributed by atoms with Gasteiger partial charge in [0, 0.05) is 25.4 Å². The summed E-state index contributed by atoms with van der Waals surface area (Å²) in [6, 6.07) is 7.58. The molecule has 1 fully saturated rings. The van der Waals surface area contributed by atoms with E-state index in [4.69, 9.17) is 5.11 Å². The van der Waals surface area contributed by atoms with Gasteiger partial charge in [-0.1, -0.05) is 31.5 Å². The van der Waals surface area contributed by atoms with Crippen LogP contribution in [0.15, 0.2) is 24.3 Å². The quantitative estimate of drug-likeness (QED) is 0.834. The van der Waals surface area contributed by atoms with E-state index in [1.807, 2.05) is 24.3 Å². The molecule has 5 heteroatoms. The molecule has 0 saturated carbocycles. The van der Waals surface area contributed by atoms with Crippen LogP contribution in [0.2, 0.25) is 0 Å². The zero-order valence-electron chi connectivity index (χ0n) is 13.0. The highest BCUT2D eigenvalue weighted by atomic mass is 16.3. The van der Waals surface area contributed by atoms with Crippen molar-refractivity contribution in [1.82, 2.24) is 4.90 Å². The van der Waals surface area contributed by atoms with Crippen molar-refractivity contribution in [1.29, 1.82) is 0 Å². The topological polar surface area (TPSA) is 69.6 Å². The van der Waals surface area contributed by atoms with Gasteiger partial charge >= 0.3 is 11.8 Å². The predicted molar refractivity (Wildman–Crippen MR) is 85.5 cm³/mol. The first-order chi connectivity index (χ1) is 10.7. The monoisotopic (exact) mass is 304 g/mol. The number of likely N-dealkylation sites (tertiary alicyclic amines) is 1. The van der Waals surface area contributed by atoms with Crippen LogP contribution < -0.4 is 5.32 Å². The molecular weight excluding hydrogens is 280 g/mol. The predicted octanol–water partition coefficient (Wildman–Crippen LogP) is 1.81. The molecule has 1 aromatic rings. The van der Waals surface area contributed by atoms with Gasteiger partial charge in [0.2, 0.25) is 0 Å². The summed E-state index contributed by atoms with van der Waals surface area (Å²) in [6.45, 7) is 3.30. The molecule has 5 nitrogen and oxygen atoms in total. The number of carbonyl (C=O) groups excluding carboxylic acids is 2. The van der Waals surface area contributed by atoms with E-state index in [0.29, 0.717) is 18.8 Å². The van der Waals surface area contributed by atoms with E-state index in [-0.39, 0.29) is 12.5 Å². The molecule has 0 aliphatic carbocycles. The van der Waals surface area contributed by atoms with E-state index < -0.39 is 11.8 Å². The largest absolute Gasteiger partial charge is 0.396 e. The number of para-hydroxylation sites is 1. The van der Waals surface area contributed by atoms with Crippen molar-refractivity contribution in [2.45, 2.75) is 32.6 Å². The van der Waals surface area contributed by atoms with Crippen LogP contribution >= 0.6 is 0 Å². The summed E-state index contributed by atoms with van der Waals surface area (Å²) >= 11 is 0. The number of nitrogens with zero attached hydrogens (tertiary/aromatic N) is 1. The third-order valence-corrected chi connectivity index (χ3v) is 4.14. The first-order valence-electron chi connectivity index (χ1n) is 7.94. The lowest BCUT2D eigenvalue weighted by atomic mass is 9.98. The van der Waals surface area contributed by atoms with Gasteiger partial charge in [-0.2, -0.15) is 0 Å². The number of hydrogen-bond acceptors (Lipinski definition) is 3. The summed E-state index contributed by atoms with van der Waals surface area (Å²) in [5, 5.41) is 11.9. The van der Waals surface area contributed by atoms with Crippen LogP contribution in [0.4, 0.5) is 5.69 Å². The van der Waals surface area contributed by atoms with E-state index >= 15 is 0 Å². The number of hydrogen-bond donors (Lipinski definition) is 2. The summed E-state index contributed by atoms with van der Waals surface area (Å²) in [7, 11) is 0. The Labute approximate surface area is 131 Å². The Balaban J connectivity index is 1.96. The second-order valence-electron chi connectivity index (χ2n) is 5.78. The molecule has 1 aromatic carbocycles. The minimum atomic E-state index is -0.578. The van der Waals surface area contributed by atoms with Gasteiger partial charge < -0.3 is 15.3 Å². The number of aryl methyl sites for hydroxylation is 1. The Bertz CT molecular complexity index is 522. The van der Waals surface area contributed by atoms with Crippen molar-refractivity contribution < 1.29 is 14.7 Å². The van der Waals surface area contributed by atoms with E-state index in [9.17, 15) is 9.59 Å². The highest BCUT2D eigenvalue weighted by molar-refractivity contribution is 6.39. The fraction of sp³-hybridized carbons (Fsp3) is 0.529. The van der Waals surface area contributed by atoms with Gasteiger partial charge in [0.05, 0.1) is 0 Å². The lowest BCUT2D eigenvalue weighted by Crippen LogP contribution is -2.44. The zero-order chi connectivity index (χ0) is 15.9. The Kier molecular flexibility index (Phi) is 5.95. The van der Waals surface area contributed by atoms with Crippen LogP contribution in [0.3, 0.4) is 0 Å². The normalized spacial score (nSPS) is 15.6. The maximum absolute atomic E-state index is 12.2. The van der Waals surface area contributed by atoms with Crippen LogP contribution in [0.25, 0.3) is 0 Å². The highest BCUT2D eigenvalue weighted by Crippen LogP contribution is 2.19. The van der Waals surface area contributed by atoms with Crippen molar-refractivity contribution in [3.8, 4) is 0 Å². The fourth-order valence-electron chi connectivity index (χ4n) is 2.77. The molecule has 0 spiro atoms. The van der Waals surface area contributed by atoms with Crippen molar-refractivity contribution >= 4 is 17.5 Å². The molecule has 0 unspecified atom stereocenters. The number of aliphatic hydroxyl groups excluding tert-OH is 1. The molecule has 1 heterocycles. The first kappa shape index (κ1) is 16.5. The lowest BCUT2D eigenvalue weighted by molar-refractivity contribution is -0.144. The molecule has 120 valence electrons. The van der Waals surface area contributed by atoms with E-state index in [0.717, 1.165) is 31.2 Å². The number of carbonyl (C=O) groups is 2. The average molecular weight is 304 g/mol. The molecular formula is C17H24N2O3. The number of anilines is 1. The molecule has 2 N–H and O–H groups in total. The maximum Gasteiger partial charge on any atom is 0.313 e. The number of amides is 2. The molecule has 22 heavy (non-hydrogen) atoms. The van der Waals surface area contributed by atoms with Crippen molar-refractivity contribution in [3.63, 3.8) is 0 Å². The smallest absolute Gasteiger partial charge is 0.313 e. The van der Waals surface area contributed by atoms with Gasteiger partial charge in [-0.3, -0.25) is 9.59 Å². The molecule has 0 aromatic heterocycles. The number of benzene rings is 1. The van der Waals surface area contributed by atoms with Crippen LogP contribution in [-0.4, -0.2) is 41.5 Å². The van der Waals surface area contributed by atoms with Gasteiger partial charge in [0.15, 0.2) is 0 Å². The van der Waals surface area contributed by atoms with Crippen LogP contribution in [-0.2, 0) is 16.0 Å². The van der Waals surface area contributed by atoms with Crippen LogP contribution in [0, 0.1) is 5.92 Å². The molecule has 1 aliphatic heterocycles. The second kappa shape index (κ2) is 7.94. The summed E-state index contributed by atoms with van der Waals surface area (Å²) in [5.74, 6) is -0.814. The SMILES string of the molecule is CCCc1ccccc1NC(=O)C(=O)N1CCC(CO)CC1. The van der Waals surface area contributed by atoms with Crippen molar-refractivity contribution in [2.75, 3.05) is 25.0 Å². The lowest BCUT2D eigenvalue weighted by Gasteiger charge is -2.30. The zero-order valence-corrected chi connectivity index (χ0v) is 13.0. The van der Waals surface area contributed by atoms with Crippen LogP contribution in [0.5, 0.6) is 0 Å². The van der Waals surface area contributed by atoms with Crippen LogP contribution in [0.1, 0.15) is 31.7 Å². The number of aliphatic hydroxyl groups is 1. The van der Waals surface area contributed by atoms with Gasteiger partial charge in [-0.25, -0.2) is 0 Å². The third kappa shape index (κ3) is 4.07. The number of nitrogens with one attached hydrogen (secondary N) is 1. The minimum Gasteiger partial charge on any atom is -0.396 e.